The van der Waals surface area contributed by atoms with Gasteiger partial charge in [-0.25, -0.2) is 9.64 Å². The first-order chi connectivity index (χ1) is 12.0. The van der Waals surface area contributed by atoms with E-state index in [1.165, 1.54) is 0 Å². The standard InChI is InChI=1S/C19H18F3NO2S/c1-6-25-17(24)15-13(14(23-5)16(26-15)19(20,21)22)11-7-9-12(10-8-11)18(2,3)4/h7-10H,6H2,1-4H3. The molecule has 26 heavy (non-hydrogen) atoms. The van der Waals surface area contributed by atoms with Crippen LogP contribution in [0.4, 0.5) is 18.9 Å². The Bertz CT molecular complexity index is 853. The molecule has 0 bridgehead atoms. The first-order valence-electron chi connectivity index (χ1n) is 7.90. The predicted octanol–water partition coefficient (Wildman–Crippen LogP) is 6.46. The van der Waals surface area contributed by atoms with E-state index in [0.29, 0.717) is 5.56 Å². The summed E-state index contributed by atoms with van der Waals surface area (Å²) in [6.07, 6.45) is -4.71. The molecule has 0 N–H and O–H groups in total. The van der Waals surface area contributed by atoms with Crippen LogP contribution in [0, 0.1) is 6.57 Å². The molecule has 0 radical (unpaired) electrons. The number of alkyl halides is 3. The first-order valence-corrected chi connectivity index (χ1v) is 8.71. The molecule has 0 unspecified atom stereocenters. The number of carbonyl (C=O) groups excluding carboxylic acids is 1. The Balaban J connectivity index is 2.71. The van der Waals surface area contributed by atoms with Gasteiger partial charge in [0, 0.05) is 5.56 Å². The van der Waals surface area contributed by atoms with Gasteiger partial charge >= 0.3 is 12.1 Å². The van der Waals surface area contributed by atoms with Crippen LogP contribution in [0.5, 0.6) is 0 Å². The zero-order valence-corrected chi connectivity index (χ0v) is 15.6. The Labute approximate surface area is 154 Å². The van der Waals surface area contributed by atoms with Gasteiger partial charge in [-0.15, -0.1) is 11.3 Å². The third kappa shape index (κ3) is 3.91. The first kappa shape index (κ1) is 20.0. The lowest BCUT2D eigenvalue weighted by molar-refractivity contribution is -0.133. The molecule has 138 valence electrons. The summed E-state index contributed by atoms with van der Waals surface area (Å²) in [6.45, 7) is 14.9. The van der Waals surface area contributed by atoms with Gasteiger partial charge < -0.3 is 4.74 Å². The fourth-order valence-corrected chi connectivity index (χ4v) is 3.49. The zero-order chi connectivity index (χ0) is 19.7. The molecular formula is C19H18F3NO2S. The second-order valence-corrected chi connectivity index (χ2v) is 7.66. The average Bonchev–Trinajstić information content (AvgIpc) is 2.94. The van der Waals surface area contributed by atoms with Crippen LogP contribution in [0.25, 0.3) is 16.0 Å². The van der Waals surface area contributed by atoms with E-state index in [1.807, 2.05) is 20.8 Å². The molecule has 2 rings (SSSR count). The monoisotopic (exact) mass is 381 g/mol. The minimum absolute atomic E-state index is 0.0174. The van der Waals surface area contributed by atoms with Gasteiger partial charge in [0.25, 0.3) is 0 Å². The minimum Gasteiger partial charge on any atom is -0.462 e. The summed E-state index contributed by atoms with van der Waals surface area (Å²) in [5.41, 5.74) is 0.676. The zero-order valence-electron chi connectivity index (χ0n) is 14.8. The van der Waals surface area contributed by atoms with Crippen LogP contribution in [0.3, 0.4) is 0 Å². The van der Waals surface area contributed by atoms with Gasteiger partial charge in [-0.3, -0.25) is 0 Å². The Hall–Kier alpha value is -2.33. The van der Waals surface area contributed by atoms with Crippen molar-refractivity contribution in [2.45, 2.75) is 39.3 Å². The quantitative estimate of drug-likeness (QED) is 0.451. The van der Waals surface area contributed by atoms with Gasteiger partial charge in [0.15, 0.2) is 0 Å². The number of hydrogen-bond donors (Lipinski definition) is 0. The molecule has 0 spiro atoms. The second-order valence-electron chi connectivity index (χ2n) is 6.64. The van der Waals surface area contributed by atoms with Crippen molar-refractivity contribution in [1.29, 1.82) is 0 Å². The number of rotatable bonds is 3. The van der Waals surface area contributed by atoms with Crippen LogP contribution in [-0.4, -0.2) is 12.6 Å². The van der Waals surface area contributed by atoms with E-state index in [4.69, 9.17) is 11.3 Å². The lowest BCUT2D eigenvalue weighted by Crippen LogP contribution is -2.10. The molecule has 0 atom stereocenters. The summed E-state index contributed by atoms with van der Waals surface area (Å²) in [5, 5.41) is 0. The van der Waals surface area contributed by atoms with Gasteiger partial charge in [-0.2, -0.15) is 13.2 Å². The summed E-state index contributed by atoms with van der Waals surface area (Å²) in [4.78, 5) is 14.0. The maximum Gasteiger partial charge on any atom is 0.416 e. The van der Waals surface area contributed by atoms with Crippen LogP contribution < -0.4 is 0 Å². The fourth-order valence-electron chi connectivity index (χ4n) is 2.47. The average molecular weight is 381 g/mol. The number of esters is 1. The smallest absolute Gasteiger partial charge is 0.416 e. The fraction of sp³-hybridized carbons (Fsp3) is 0.368. The van der Waals surface area contributed by atoms with Crippen LogP contribution >= 0.6 is 11.3 Å². The molecule has 0 aliphatic rings. The second kappa shape index (κ2) is 7.12. The number of thiophene rings is 1. The number of ether oxygens (including phenoxy) is 1. The highest BCUT2D eigenvalue weighted by Gasteiger charge is 2.40. The van der Waals surface area contributed by atoms with Crippen molar-refractivity contribution in [3.8, 4) is 11.1 Å². The van der Waals surface area contributed by atoms with Gasteiger partial charge in [-0.1, -0.05) is 45.0 Å². The third-order valence-electron chi connectivity index (χ3n) is 3.75. The molecule has 1 aromatic heterocycles. The van der Waals surface area contributed by atoms with Gasteiger partial charge in [0.2, 0.25) is 5.69 Å². The van der Waals surface area contributed by atoms with Crippen LogP contribution in [0.2, 0.25) is 0 Å². The van der Waals surface area contributed by atoms with Crippen molar-refractivity contribution < 1.29 is 22.7 Å². The van der Waals surface area contributed by atoms with Crippen molar-refractivity contribution >= 4 is 23.0 Å². The van der Waals surface area contributed by atoms with Gasteiger partial charge in [-0.05, 0) is 23.5 Å². The molecule has 0 aliphatic heterocycles. The highest BCUT2D eigenvalue weighted by Crippen LogP contribution is 2.50. The number of carbonyl (C=O) groups is 1. The van der Waals surface area contributed by atoms with Gasteiger partial charge in [0.05, 0.1) is 13.2 Å². The molecule has 7 heteroatoms. The topological polar surface area (TPSA) is 30.7 Å². The summed E-state index contributed by atoms with van der Waals surface area (Å²) in [7, 11) is 0. The largest absolute Gasteiger partial charge is 0.462 e. The summed E-state index contributed by atoms with van der Waals surface area (Å²) in [5.74, 6) is -0.854. The van der Waals surface area contributed by atoms with Crippen LogP contribution in [0.15, 0.2) is 24.3 Å². The molecule has 3 nitrogen and oxygen atoms in total. The molecule has 0 saturated heterocycles. The Kier molecular flexibility index (Phi) is 5.47. The van der Waals surface area contributed by atoms with E-state index < -0.39 is 22.7 Å². The highest BCUT2D eigenvalue weighted by molar-refractivity contribution is 7.15. The maximum absolute atomic E-state index is 13.3. The summed E-state index contributed by atoms with van der Waals surface area (Å²) in [6, 6.07) is 6.87. The minimum atomic E-state index is -4.71. The van der Waals surface area contributed by atoms with E-state index in [0.717, 1.165) is 5.56 Å². The molecule has 1 aromatic carbocycles. The number of halogens is 3. The number of benzene rings is 1. The maximum atomic E-state index is 13.3. The Morgan fingerprint density at radius 2 is 1.77 bits per heavy atom. The van der Waals surface area contributed by atoms with Crippen LogP contribution in [0.1, 0.15) is 47.8 Å². The molecule has 2 aromatic rings. The van der Waals surface area contributed by atoms with E-state index in [-0.39, 0.29) is 33.8 Å². The Morgan fingerprint density at radius 1 is 1.19 bits per heavy atom. The lowest BCUT2D eigenvalue weighted by atomic mass is 9.86. The molecule has 0 saturated carbocycles. The van der Waals surface area contributed by atoms with Crippen molar-refractivity contribution in [2.24, 2.45) is 0 Å². The molecule has 0 amide bonds. The number of nitrogens with zero attached hydrogens (tertiary/aromatic N) is 1. The lowest BCUT2D eigenvalue weighted by Gasteiger charge is -2.19. The highest BCUT2D eigenvalue weighted by atomic mass is 32.1. The predicted molar refractivity (Wildman–Crippen MR) is 95.7 cm³/mol. The van der Waals surface area contributed by atoms with E-state index >= 15 is 0 Å². The van der Waals surface area contributed by atoms with Crippen molar-refractivity contribution in [2.75, 3.05) is 6.61 Å². The van der Waals surface area contributed by atoms with Crippen LogP contribution in [-0.2, 0) is 16.3 Å². The summed E-state index contributed by atoms with van der Waals surface area (Å²) >= 11 is 0.257. The Morgan fingerprint density at radius 3 is 2.19 bits per heavy atom. The van der Waals surface area contributed by atoms with E-state index in [2.05, 4.69) is 4.85 Å². The van der Waals surface area contributed by atoms with Crippen molar-refractivity contribution in [3.63, 3.8) is 0 Å². The summed E-state index contributed by atoms with van der Waals surface area (Å²) < 4.78 is 44.9. The molecule has 1 heterocycles. The van der Waals surface area contributed by atoms with Crippen molar-refractivity contribution in [1.82, 2.24) is 0 Å². The third-order valence-corrected chi connectivity index (χ3v) is 4.96. The number of hydrogen-bond acceptors (Lipinski definition) is 3. The molecular weight excluding hydrogens is 363 g/mol. The SMILES string of the molecule is [C-]#[N+]c1c(C(F)(F)F)sc(C(=O)OCC)c1-c1ccc(C(C)(C)C)cc1. The van der Waals surface area contributed by atoms with E-state index in [1.54, 1.807) is 31.2 Å². The van der Waals surface area contributed by atoms with Gasteiger partial charge in [0.1, 0.15) is 9.75 Å². The van der Waals surface area contributed by atoms with Crippen molar-refractivity contribution in [3.05, 3.63) is 51.0 Å². The van der Waals surface area contributed by atoms with E-state index in [9.17, 15) is 18.0 Å². The normalized spacial score (nSPS) is 11.9. The molecule has 0 fully saturated rings. The molecule has 0 aliphatic carbocycles.